The summed E-state index contributed by atoms with van der Waals surface area (Å²) in [6, 6.07) is 4.27. The molecule has 2 aromatic rings. The Morgan fingerprint density at radius 3 is 2.53 bits per heavy atom. The molecule has 0 amide bonds. The normalized spacial score (nSPS) is 13.1. The third-order valence-electron chi connectivity index (χ3n) is 2.17. The molecule has 0 aliphatic heterocycles. The van der Waals surface area contributed by atoms with Gasteiger partial charge in [-0.3, -0.25) is 0 Å². The lowest BCUT2D eigenvalue weighted by molar-refractivity contribution is 1.20. The van der Waals surface area contributed by atoms with Crippen LogP contribution >= 0.6 is 50.2 Å². The van der Waals surface area contributed by atoms with E-state index >= 15 is 0 Å². The number of thiophene rings is 2. The molecule has 0 aliphatic carbocycles. The summed E-state index contributed by atoms with van der Waals surface area (Å²) in [5.41, 5.74) is 1.20. The van der Waals surface area contributed by atoms with Gasteiger partial charge in [-0.2, -0.15) is 0 Å². The summed E-state index contributed by atoms with van der Waals surface area (Å²) in [7, 11) is 0. The smallest absolute Gasteiger partial charge is 0.0936 e. The van der Waals surface area contributed by atoms with Gasteiger partial charge in [-0.15, -0.1) is 34.3 Å². The monoisotopic (exact) mass is 320 g/mol. The topological polar surface area (TPSA) is 0 Å². The van der Waals surface area contributed by atoms with Crippen molar-refractivity contribution < 1.29 is 0 Å². The highest BCUT2D eigenvalue weighted by Gasteiger charge is 2.15. The highest BCUT2D eigenvalue weighted by molar-refractivity contribution is 9.10. The Bertz CT molecular complexity index is 453. The summed E-state index contributed by atoms with van der Waals surface area (Å²) >= 11 is 13.4. The van der Waals surface area contributed by atoms with Crippen molar-refractivity contribution >= 4 is 50.2 Å². The van der Waals surface area contributed by atoms with E-state index in [0.717, 1.165) is 4.47 Å². The van der Waals surface area contributed by atoms with Crippen molar-refractivity contribution in [3.05, 3.63) is 42.2 Å². The van der Waals surface area contributed by atoms with Crippen LogP contribution in [0, 0.1) is 13.8 Å². The molecule has 0 saturated carbocycles. The first-order valence-corrected chi connectivity index (χ1v) is 7.45. The van der Waals surface area contributed by atoms with E-state index in [2.05, 4.69) is 47.3 Å². The van der Waals surface area contributed by atoms with E-state index in [4.69, 9.17) is 11.6 Å². The molecule has 0 spiro atoms. The van der Waals surface area contributed by atoms with Crippen LogP contribution in [0.4, 0.5) is 0 Å². The molecule has 2 rings (SSSR count). The van der Waals surface area contributed by atoms with Crippen LogP contribution in [0.2, 0.25) is 0 Å². The van der Waals surface area contributed by atoms with Gasteiger partial charge in [0.05, 0.1) is 5.38 Å². The lowest BCUT2D eigenvalue weighted by Gasteiger charge is -2.03. The average Bonchev–Trinajstić information content (AvgIpc) is 2.74. The number of hydrogen-bond donors (Lipinski definition) is 0. The molecular weight excluding hydrogens is 312 g/mol. The molecule has 80 valence electrons. The number of alkyl halides is 1. The van der Waals surface area contributed by atoms with E-state index in [1.165, 1.54) is 20.2 Å². The Labute approximate surface area is 111 Å². The van der Waals surface area contributed by atoms with Crippen molar-refractivity contribution in [3.63, 3.8) is 0 Å². The van der Waals surface area contributed by atoms with E-state index in [9.17, 15) is 0 Å². The van der Waals surface area contributed by atoms with Crippen molar-refractivity contribution in [2.45, 2.75) is 19.2 Å². The maximum atomic E-state index is 6.43. The van der Waals surface area contributed by atoms with Crippen molar-refractivity contribution in [1.29, 1.82) is 0 Å². The minimum Gasteiger partial charge on any atom is -0.149 e. The predicted molar refractivity (Wildman–Crippen MR) is 73.5 cm³/mol. The van der Waals surface area contributed by atoms with Gasteiger partial charge in [0, 0.05) is 19.1 Å². The maximum Gasteiger partial charge on any atom is 0.0936 e. The highest BCUT2D eigenvalue weighted by atomic mass is 79.9. The van der Waals surface area contributed by atoms with Gasteiger partial charge in [-0.25, -0.2) is 0 Å². The van der Waals surface area contributed by atoms with Crippen LogP contribution in [0.25, 0.3) is 0 Å². The molecule has 0 nitrogen and oxygen atoms in total. The highest BCUT2D eigenvalue weighted by Crippen LogP contribution is 2.38. The number of hydrogen-bond acceptors (Lipinski definition) is 2. The van der Waals surface area contributed by atoms with Crippen LogP contribution in [0.15, 0.2) is 22.0 Å². The molecule has 1 atom stereocenters. The van der Waals surface area contributed by atoms with Gasteiger partial charge >= 0.3 is 0 Å². The van der Waals surface area contributed by atoms with Crippen molar-refractivity contribution in [1.82, 2.24) is 0 Å². The summed E-state index contributed by atoms with van der Waals surface area (Å²) in [5, 5.41) is 2.13. The minimum atomic E-state index is -0.00931. The maximum absolute atomic E-state index is 6.43. The largest absolute Gasteiger partial charge is 0.149 e. The van der Waals surface area contributed by atoms with Gasteiger partial charge in [0.25, 0.3) is 0 Å². The molecular formula is C11H10BrClS2. The summed E-state index contributed by atoms with van der Waals surface area (Å²) in [6.45, 7) is 4.20. The van der Waals surface area contributed by atoms with Gasteiger partial charge in [0.2, 0.25) is 0 Å². The fourth-order valence-corrected chi connectivity index (χ4v) is 4.06. The standard InChI is InChI=1S/C11H10BrClS2/c1-6-3-8(5-14-6)11(13)10-4-9(12)7(2)15-10/h3-5,11H,1-2H3. The van der Waals surface area contributed by atoms with Crippen LogP contribution < -0.4 is 0 Å². The molecule has 2 heterocycles. The SMILES string of the molecule is Cc1cc(C(Cl)c2cc(Br)c(C)s2)cs1. The molecule has 0 N–H and O–H groups in total. The average molecular weight is 322 g/mol. The van der Waals surface area contributed by atoms with E-state index in [0.29, 0.717) is 0 Å². The quantitative estimate of drug-likeness (QED) is 0.639. The molecule has 2 aromatic heterocycles. The predicted octanol–water partition coefficient (Wildman–Crippen LogP) is 5.52. The van der Waals surface area contributed by atoms with Gasteiger partial charge < -0.3 is 0 Å². The fraction of sp³-hybridized carbons (Fsp3) is 0.273. The molecule has 0 radical (unpaired) electrons. The Kier molecular flexibility index (Phi) is 3.56. The first-order valence-electron chi connectivity index (χ1n) is 4.53. The fourth-order valence-electron chi connectivity index (χ4n) is 1.37. The van der Waals surface area contributed by atoms with Crippen molar-refractivity contribution in [3.8, 4) is 0 Å². The minimum absolute atomic E-state index is 0.00931. The van der Waals surface area contributed by atoms with Crippen molar-refractivity contribution in [2.24, 2.45) is 0 Å². The van der Waals surface area contributed by atoms with Crippen LogP contribution in [0.3, 0.4) is 0 Å². The third-order valence-corrected chi connectivity index (χ3v) is 5.87. The van der Waals surface area contributed by atoms with Gasteiger partial charge in [-0.05, 0) is 52.9 Å². The summed E-state index contributed by atoms with van der Waals surface area (Å²) in [4.78, 5) is 3.80. The number of halogens is 2. The Hall–Kier alpha value is 0.170. The second-order valence-electron chi connectivity index (χ2n) is 3.41. The first kappa shape index (κ1) is 11.6. The molecule has 0 saturated heterocycles. The van der Waals surface area contributed by atoms with Crippen LogP contribution in [-0.2, 0) is 0 Å². The van der Waals surface area contributed by atoms with Gasteiger partial charge in [0.15, 0.2) is 0 Å². The summed E-state index contributed by atoms with van der Waals surface area (Å²) < 4.78 is 1.15. The molecule has 0 fully saturated rings. The van der Waals surface area contributed by atoms with Gasteiger partial charge in [0.1, 0.15) is 0 Å². The zero-order valence-electron chi connectivity index (χ0n) is 8.38. The second-order valence-corrected chi connectivity index (χ2v) is 7.10. The lowest BCUT2D eigenvalue weighted by atomic mass is 10.2. The third kappa shape index (κ3) is 2.47. The Morgan fingerprint density at radius 1 is 1.33 bits per heavy atom. The van der Waals surface area contributed by atoms with E-state index in [1.807, 2.05) is 0 Å². The first-order chi connectivity index (χ1) is 7.08. The van der Waals surface area contributed by atoms with E-state index in [-0.39, 0.29) is 5.38 Å². The second kappa shape index (κ2) is 4.58. The van der Waals surface area contributed by atoms with Gasteiger partial charge in [-0.1, -0.05) is 0 Å². The summed E-state index contributed by atoms with van der Waals surface area (Å²) in [5.74, 6) is 0. The van der Waals surface area contributed by atoms with Crippen LogP contribution in [0.1, 0.15) is 25.6 Å². The number of aryl methyl sites for hydroxylation is 2. The van der Waals surface area contributed by atoms with Crippen LogP contribution in [-0.4, -0.2) is 0 Å². The van der Waals surface area contributed by atoms with E-state index < -0.39 is 0 Å². The zero-order chi connectivity index (χ0) is 11.0. The molecule has 0 aromatic carbocycles. The molecule has 15 heavy (non-hydrogen) atoms. The lowest BCUT2D eigenvalue weighted by Crippen LogP contribution is -1.85. The molecule has 4 heteroatoms. The number of rotatable bonds is 2. The molecule has 0 bridgehead atoms. The molecule has 1 unspecified atom stereocenters. The van der Waals surface area contributed by atoms with Crippen molar-refractivity contribution in [2.75, 3.05) is 0 Å². The Balaban J connectivity index is 2.31. The molecule has 0 aliphatic rings. The summed E-state index contributed by atoms with van der Waals surface area (Å²) in [6.07, 6.45) is 0. The van der Waals surface area contributed by atoms with E-state index in [1.54, 1.807) is 22.7 Å². The van der Waals surface area contributed by atoms with Crippen LogP contribution in [0.5, 0.6) is 0 Å². The Morgan fingerprint density at radius 2 is 2.07 bits per heavy atom. The zero-order valence-corrected chi connectivity index (χ0v) is 12.4.